The second-order valence-electron chi connectivity index (χ2n) is 4.69. The molecule has 0 unspecified atom stereocenters. The molecule has 2 aromatic heterocycles. The lowest BCUT2D eigenvalue weighted by atomic mass is 10.1. The lowest BCUT2D eigenvalue weighted by Gasteiger charge is -2.06. The number of benzene rings is 1. The third-order valence-electron chi connectivity index (χ3n) is 3.19. The molecule has 0 saturated heterocycles. The molecule has 6 heteroatoms. The van der Waals surface area contributed by atoms with E-state index in [-0.39, 0.29) is 18.1 Å². The van der Waals surface area contributed by atoms with Gasteiger partial charge in [0.1, 0.15) is 5.82 Å². The topological polar surface area (TPSA) is 70.7 Å². The van der Waals surface area contributed by atoms with E-state index in [9.17, 15) is 9.18 Å². The van der Waals surface area contributed by atoms with Crippen LogP contribution in [0.1, 0.15) is 12.0 Å². The van der Waals surface area contributed by atoms with Crippen LogP contribution in [0.2, 0.25) is 0 Å². The largest absolute Gasteiger partial charge is 0.326 e. The molecule has 0 aliphatic carbocycles. The molecule has 0 radical (unpaired) electrons. The number of anilines is 1. The van der Waals surface area contributed by atoms with Crippen LogP contribution in [0, 0.1) is 5.82 Å². The summed E-state index contributed by atoms with van der Waals surface area (Å²) >= 11 is 0. The van der Waals surface area contributed by atoms with E-state index in [4.69, 9.17) is 0 Å². The maximum absolute atomic E-state index is 13.4. The van der Waals surface area contributed by atoms with Gasteiger partial charge in [-0.3, -0.25) is 14.9 Å². The minimum Gasteiger partial charge on any atom is -0.326 e. The molecule has 0 atom stereocenters. The highest BCUT2D eigenvalue weighted by Crippen LogP contribution is 2.17. The second-order valence-corrected chi connectivity index (χ2v) is 4.69. The Balaban J connectivity index is 1.62. The number of hydrogen-bond donors (Lipinski definition) is 2. The van der Waals surface area contributed by atoms with Crippen molar-refractivity contribution >= 4 is 22.5 Å². The zero-order valence-electron chi connectivity index (χ0n) is 11.1. The van der Waals surface area contributed by atoms with Crippen LogP contribution in [-0.2, 0) is 11.2 Å². The SMILES string of the molecule is O=C(CCc1cnccc1F)Nc1ccc2[nH]ncc2c1. The molecule has 0 bridgehead atoms. The predicted octanol–water partition coefficient (Wildman–Crippen LogP) is 2.67. The van der Waals surface area contributed by atoms with Gasteiger partial charge in [-0.1, -0.05) is 0 Å². The third kappa shape index (κ3) is 3.05. The Hall–Kier alpha value is -2.76. The minimum absolute atomic E-state index is 0.166. The van der Waals surface area contributed by atoms with Crippen molar-refractivity contribution in [1.29, 1.82) is 0 Å². The van der Waals surface area contributed by atoms with Crippen LogP contribution in [0.25, 0.3) is 10.9 Å². The molecule has 1 aromatic carbocycles. The van der Waals surface area contributed by atoms with Gasteiger partial charge in [-0.2, -0.15) is 5.10 Å². The lowest BCUT2D eigenvalue weighted by Crippen LogP contribution is -2.12. The van der Waals surface area contributed by atoms with Crippen LogP contribution in [-0.4, -0.2) is 21.1 Å². The summed E-state index contributed by atoms with van der Waals surface area (Å²) in [7, 11) is 0. The van der Waals surface area contributed by atoms with E-state index in [1.165, 1.54) is 18.5 Å². The van der Waals surface area contributed by atoms with Crippen molar-refractivity contribution in [2.75, 3.05) is 5.32 Å². The monoisotopic (exact) mass is 284 g/mol. The number of carbonyl (C=O) groups excluding carboxylic acids is 1. The summed E-state index contributed by atoms with van der Waals surface area (Å²) in [5.74, 6) is -0.501. The Morgan fingerprint density at radius 3 is 3.05 bits per heavy atom. The number of nitrogens with zero attached hydrogens (tertiary/aromatic N) is 2. The molecule has 0 spiro atoms. The Morgan fingerprint density at radius 2 is 2.19 bits per heavy atom. The third-order valence-corrected chi connectivity index (χ3v) is 3.19. The number of pyridine rings is 1. The van der Waals surface area contributed by atoms with Gasteiger partial charge in [-0.05, 0) is 30.7 Å². The van der Waals surface area contributed by atoms with Gasteiger partial charge in [0, 0.05) is 35.5 Å². The van der Waals surface area contributed by atoms with E-state index < -0.39 is 0 Å². The number of nitrogens with one attached hydrogen (secondary N) is 2. The number of halogens is 1. The number of carbonyl (C=O) groups is 1. The van der Waals surface area contributed by atoms with E-state index in [2.05, 4.69) is 20.5 Å². The maximum Gasteiger partial charge on any atom is 0.224 e. The Labute approximate surface area is 120 Å². The Kier molecular flexibility index (Phi) is 3.59. The standard InChI is InChI=1S/C15H13FN4O/c16-13-5-6-17-8-10(13)1-4-15(21)19-12-2-3-14-11(7-12)9-18-20-14/h2-3,5-9H,1,4H2,(H,18,20)(H,19,21). The van der Waals surface area contributed by atoms with Gasteiger partial charge in [0.15, 0.2) is 0 Å². The summed E-state index contributed by atoms with van der Waals surface area (Å²) in [5.41, 5.74) is 2.05. The normalized spacial score (nSPS) is 10.7. The number of amides is 1. The minimum atomic E-state index is -0.336. The fourth-order valence-corrected chi connectivity index (χ4v) is 2.09. The Morgan fingerprint density at radius 1 is 1.29 bits per heavy atom. The first kappa shape index (κ1) is 13.2. The van der Waals surface area contributed by atoms with E-state index in [0.717, 1.165) is 10.9 Å². The van der Waals surface area contributed by atoms with Crippen molar-refractivity contribution in [3.05, 3.63) is 54.2 Å². The average Bonchev–Trinajstić information content (AvgIpc) is 2.94. The Bertz CT molecular complexity index is 784. The van der Waals surface area contributed by atoms with Crippen molar-refractivity contribution in [2.45, 2.75) is 12.8 Å². The number of aromatic nitrogens is 3. The van der Waals surface area contributed by atoms with Crippen molar-refractivity contribution in [1.82, 2.24) is 15.2 Å². The number of hydrogen-bond acceptors (Lipinski definition) is 3. The van der Waals surface area contributed by atoms with Crippen LogP contribution in [0.3, 0.4) is 0 Å². The molecule has 106 valence electrons. The van der Waals surface area contributed by atoms with E-state index in [0.29, 0.717) is 17.7 Å². The molecule has 3 aromatic rings. The summed E-state index contributed by atoms with van der Waals surface area (Å²) in [6.45, 7) is 0. The number of aromatic amines is 1. The summed E-state index contributed by atoms with van der Waals surface area (Å²) in [4.78, 5) is 15.7. The molecule has 2 N–H and O–H groups in total. The predicted molar refractivity (Wildman–Crippen MR) is 77.2 cm³/mol. The van der Waals surface area contributed by atoms with Crippen molar-refractivity contribution in [2.24, 2.45) is 0 Å². The van der Waals surface area contributed by atoms with Crippen molar-refractivity contribution in [3.63, 3.8) is 0 Å². The fourth-order valence-electron chi connectivity index (χ4n) is 2.09. The first-order valence-corrected chi connectivity index (χ1v) is 6.54. The van der Waals surface area contributed by atoms with Crippen LogP contribution in [0.15, 0.2) is 42.9 Å². The van der Waals surface area contributed by atoms with Crippen molar-refractivity contribution in [3.8, 4) is 0 Å². The smallest absolute Gasteiger partial charge is 0.224 e. The van der Waals surface area contributed by atoms with Gasteiger partial charge in [-0.15, -0.1) is 0 Å². The van der Waals surface area contributed by atoms with Crippen LogP contribution < -0.4 is 5.32 Å². The summed E-state index contributed by atoms with van der Waals surface area (Å²) in [6.07, 6.45) is 5.04. The fraction of sp³-hybridized carbons (Fsp3) is 0.133. The second kappa shape index (κ2) is 5.70. The zero-order chi connectivity index (χ0) is 14.7. The molecule has 21 heavy (non-hydrogen) atoms. The average molecular weight is 284 g/mol. The summed E-state index contributed by atoms with van der Waals surface area (Å²) in [6, 6.07) is 6.77. The van der Waals surface area contributed by atoms with E-state index in [1.54, 1.807) is 12.3 Å². The van der Waals surface area contributed by atoms with Gasteiger partial charge < -0.3 is 5.32 Å². The highest BCUT2D eigenvalue weighted by Gasteiger charge is 2.07. The van der Waals surface area contributed by atoms with Crippen LogP contribution >= 0.6 is 0 Å². The number of rotatable bonds is 4. The van der Waals surface area contributed by atoms with Crippen molar-refractivity contribution < 1.29 is 9.18 Å². The van der Waals surface area contributed by atoms with E-state index in [1.807, 2.05) is 12.1 Å². The molecule has 0 fully saturated rings. The van der Waals surface area contributed by atoms with E-state index >= 15 is 0 Å². The first-order chi connectivity index (χ1) is 10.2. The molecule has 3 rings (SSSR count). The molecule has 1 amide bonds. The highest BCUT2D eigenvalue weighted by molar-refractivity contribution is 5.93. The molecular formula is C15H13FN4O. The molecule has 2 heterocycles. The van der Waals surface area contributed by atoms with Crippen LogP contribution in [0.5, 0.6) is 0 Å². The molecule has 0 aliphatic rings. The highest BCUT2D eigenvalue weighted by atomic mass is 19.1. The van der Waals surface area contributed by atoms with Gasteiger partial charge >= 0.3 is 0 Å². The maximum atomic E-state index is 13.4. The molecule has 5 nitrogen and oxygen atoms in total. The quantitative estimate of drug-likeness (QED) is 0.773. The van der Waals surface area contributed by atoms with Gasteiger partial charge in [0.2, 0.25) is 5.91 Å². The van der Waals surface area contributed by atoms with Crippen LogP contribution in [0.4, 0.5) is 10.1 Å². The molecular weight excluding hydrogens is 271 g/mol. The summed E-state index contributed by atoms with van der Waals surface area (Å²) < 4.78 is 13.4. The van der Waals surface area contributed by atoms with Gasteiger partial charge in [0.25, 0.3) is 0 Å². The van der Waals surface area contributed by atoms with Gasteiger partial charge in [0.05, 0.1) is 11.7 Å². The molecule has 0 aliphatic heterocycles. The molecule has 0 saturated carbocycles. The number of aryl methyl sites for hydroxylation is 1. The summed E-state index contributed by atoms with van der Waals surface area (Å²) in [5, 5.41) is 10.5. The number of H-pyrrole nitrogens is 1. The lowest BCUT2D eigenvalue weighted by molar-refractivity contribution is -0.116. The number of fused-ring (bicyclic) bond motifs is 1. The van der Waals surface area contributed by atoms with Gasteiger partial charge in [-0.25, -0.2) is 4.39 Å². The zero-order valence-corrected chi connectivity index (χ0v) is 11.1. The first-order valence-electron chi connectivity index (χ1n) is 6.54.